The molecule has 0 aliphatic heterocycles. The van der Waals surface area contributed by atoms with Crippen molar-refractivity contribution in [3.05, 3.63) is 64.5 Å². The van der Waals surface area contributed by atoms with Crippen LogP contribution < -0.4 is 10.4 Å². The van der Waals surface area contributed by atoms with Crippen molar-refractivity contribution in [3.63, 3.8) is 0 Å². The van der Waals surface area contributed by atoms with Gasteiger partial charge in [0.25, 0.3) is 5.95 Å². The first-order valence-corrected chi connectivity index (χ1v) is 6.62. The zero-order valence-corrected chi connectivity index (χ0v) is 11.8. The molecule has 0 saturated carbocycles. The molecule has 110 valence electrons. The summed E-state index contributed by atoms with van der Waals surface area (Å²) in [7, 11) is 1.58. The standard InChI is InChI=1S/C17H13NO4/c1-21-12-6-4-5-11(9-12)18-10-15-13-7-2-3-8-14(13)16(19)22-17(15)20/h2-10,20H,1H3. The lowest BCUT2D eigenvalue weighted by molar-refractivity contribution is 0.312. The molecule has 5 heteroatoms. The number of aliphatic imine (C=N–C) groups is 1. The fraction of sp³-hybridized carbons (Fsp3) is 0.0588. The number of fused-ring (bicyclic) bond motifs is 1. The molecule has 1 heterocycles. The van der Waals surface area contributed by atoms with Gasteiger partial charge in [0.15, 0.2) is 0 Å². The van der Waals surface area contributed by atoms with Gasteiger partial charge in [-0.1, -0.05) is 24.3 Å². The number of rotatable bonds is 3. The molecule has 0 spiro atoms. The monoisotopic (exact) mass is 295 g/mol. The van der Waals surface area contributed by atoms with Crippen LogP contribution in [0.15, 0.2) is 62.7 Å². The number of hydrogen-bond donors (Lipinski definition) is 1. The molecule has 0 aliphatic rings. The molecule has 1 aromatic heterocycles. The average Bonchev–Trinajstić information content (AvgIpc) is 2.55. The molecule has 22 heavy (non-hydrogen) atoms. The fourth-order valence-corrected chi connectivity index (χ4v) is 2.16. The van der Waals surface area contributed by atoms with Crippen molar-refractivity contribution in [2.45, 2.75) is 0 Å². The van der Waals surface area contributed by atoms with Gasteiger partial charge in [-0.2, -0.15) is 0 Å². The lowest BCUT2D eigenvalue weighted by Gasteiger charge is -2.03. The van der Waals surface area contributed by atoms with Crippen LogP contribution in [0.3, 0.4) is 0 Å². The summed E-state index contributed by atoms with van der Waals surface area (Å²) in [6, 6.07) is 14.1. The highest BCUT2D eigenvalue weighted by molar-refractivity contribution is 6.01. The van der Waals surface area contributed by atoms with E-state index >= 15 is 0 Å². The third kappa shape index (κ3) is 2.56. The van der Waals surface area contributed by atoms with E-state index in [-0.39, 0.29) is 0 Å². The summed E-state index contributed by atoms with van der Waals surface area (Å²) in [6.07, 6.45) is 1.47. The molecule has 0 atom stereocenters. The Hall–Kier alpha value is -3.08. The Labute approximate surface area is 126 Å². The molecule has 0 aliphatic carbocycles. The van der Waals surface area contributed by atoms with Gasteiger partial charge in [-0.3, -0.25) is 4.99 Å². The molecule has 3 rings (SSSR count). The summed E-state index contributed by atoms with van der Waals surface area (Å²) >= 11 is 0. The summed E-state index contributed by atoms with van der Waals surface area (Å²) in [4.78, 5) is 16.0. The zero-order chi connectivity index (χ0) is 15.5. The number of benzene rings is 2. The molecular weight excluding hydrogens is 282 g/mol. The van der Waals surface area contributed by atoms with Crippen LogP contribution in [-0.2, 0) is 0 Å². The molecule has 2 aromatic carbocycles. The van der Waals surface area contributed by atoms with Crippen LogP contribution in [-0.4, -0.2) is 18.4 Å². The van der Waals surface area contributed by atoms with E-state index < -0.39 is 11.6 Å². The van der Waals surface area contributed by atoms with Crippen molar-refractivity contribution in [1.82, 2.24) is 0 Å². The molecule has 0 radical (unpaired) electrons. The van der Waals surface area contributed by atoms with Crippen molar-refractivity contribution < 1.29 is 14.3 Å². The smallest absolute Gasteiger partial charge is 0.346 e. The van der Waals surface area contributed by atoms with Crippen molar-refractivity contribution >= 4 is 22.7 Å². The Balaban J connectivity index is 2.10. The first kappa shape index (κ1) is 13.9. The molecule has 0 saturated heterocycles. The van der Waals surface area contributed by atoms with Crippen LogP contribution in [0.2, 0.25) is 0 Å². The SMILES string of the molecule is COc1cccc(N=Cc2c(O)oc(=O)c3ccccc23)c1. The molecule has 0 fully saturated rings. The Morgan fingerprint density at radius 2 is 1.91 bits per heavy atom. The van der Waals surface area contributed by atoms with Crippen molar-refractivity contribution in [2.75, 3.05) is 7.11 Å². The topological polar surface area (TPSA) is 72.0 Å². The van der Waals surface area contributed by atoms with Gasteiger partial charge >= 0.3 is 5.63 Å². The summed E-state index contributed by atoms with van der Waals surface area (Å²) in [6.45, 7) is 0. The second-order valence-electron chi connectivity index (χ2n) is 4.61. The van der Waals surface area contributed by atoms with E-state index in [2.05, 4.69) is 4.99 Å². The van der Waals surface area contributed by atoms with Crippen LogP contribution in [0.5, 0.6) is 11.7 Å². The van der Waals surface area contributed by atoms with E-state index in [1.807, 2.05) is 12.1 Å². The maximum absolute atomic E-state index is 11.7. The predicted octanol–water partition coefficient (Wildman–Crippen LogP) is 3.26. The Morgan fingerprint density at radius 1 is 1.14 bits per heavy atom. The van der Waals surface area contributed by atoms with Gasteiger partial charge in [0.1, 0.15) is 5.75 Å². The van der Waals surface area contributed by atoms with E-state index in [1.165, 1.54) is 6.21 Å². The second kappa shape index (κ2) is 5.73. The Kier molecular flexibility index (Phi) is 3.62. The Morgan fingerprint density at radius 3 is 2.68 bits per heavy atom. The fourth-order valence-electron chi connectivity index (χ4n) is 2.16. The summed E-state index contributed by atoms with van der Waals surface area (Å²) in [5, 5.41) is 10.9. The zero-order valence-electron chi connectivity index (χ0n) is 11.8. The maximum atomic E-state index is 11.7. The lowest BCUT2D eigenvalue weighted by Crippen LogP contribution is -2.01. The average molecular weight is 295 g/mol. The van der Waals surface area contributed by atoms with E-state index in [4.69, 9.17) is 9.15 Å². The third-order valence-corrected chi connectivity index (χ3v) is 3.25. The van der Waals surface area contributed by atoms with Crippen LogP contribution in [0.25, 0.3) is 10.8 Å². The first-order valence-electron chi connectivity index (χ1n) is 6.62. The van der Waals surface area contributed by atoms with E-state index in [0.29, 0.717) is 27.8 Å². The molecular formula is C17H13NO4. The van der Waals surface area contributed by atoms with Gasteiger partial charge in [0, 0.05) is 17.7 Å². The van der Waals surface area contributed by atoms with Crippen molar-refractivity contribution in [3.8, 4) is 11.7 Å². The first-order chi connectivity index (χ1) is 10.7. The number of nitrogens with zero attached hydrogens (tertiary/aromatic N) is 1. The maximum Gasteiger partial charge on any atom is 0.346 e. The van der Waals surface area contributed by atoms with Gasteiger partial charge in [-0.15, -0.1) is 0 Å². The van der Waals surface area contributed by atoms with E-state index in [9.17, 15) is 9.90 Å². The lowest BCUT2D eigenvalue weighted by atomic mass is 10.1. The molecule has 1 N–H and O–H groups in total. The van der Waals surface area contributed by atoms with Gasteiger partial charge in [-0.05, 0) is 18.2 Å². The van der Waals surface area contributed by atoms with Gasteiger partial charge < -0.3 is 14.3 Å². The summed E-state index contributed by atoms with van der Waals surface area (Å²) < 4.78 is 9.97. The minimum atomic E-state index is -0.577. The minimum Gasteiger partial charge on any atom is -0.497 e. The van der Waals surface area contributed by atoms with Gasteiger partial charge in [-0.25, -0.2) is 4.79 Å². The van der Waals surface area contributed by atoms with E-state index in [0.717, 1.165) is 0 Å². The minimum absolute atomic E-state index is 0.359. The highest BCUT2D eigenvalue weighted by Gasteiger charge is 2.10. The number of ether oxygens (including phenoxy) is 1. The predicted molar refractivity (Wildman–Crippen MR) is 84.4 cm³/mol. The Bertz CT molecular complexity index is 912. The normalized spacial score (nSPS) is 11.1. The largest absolute Gasteiger partial charge is 0.497 e. The molecule has 0 bridgehead atoms. The third-order valence-electron chi connectivity index (χ3n) is 3.25. The van der Waals surface area contributed by atoms with Crippen LogP contribution >= 0.6 is 0 Å². The number of hydrogen-bond acceptors (Lipinski definition) is 5. The molecule has 3 aromatic rings. The highest BCUT2D eigenvalue weighted by Crippen LogP contribution is 2.24. The van der Waals surface area contributed by atoms with Crippen molar-refractivity contribution in [1.29, 1.82) is 0 Å². The number of aromatic hydroxyl groups is 1. The van der Waals surface area contributed by atoms with Crippen LogP contribution in [0, 0.1) is 0 Å². The van der Waals surface area contributed by atoms with E-state index in [1.54, 1.807) is 43.5 Å². The summed E-state index contributed by atoms with van der Waals surface area (Å²) in [5.74, 6) is 0.235. The van der Waals surface area contributed by atoms with Gasteiger partial charge in [0.2, 0.25) is 0 Å². The second-order valence-corrected chi connectivity index (χ2v) is 4.61. The van der Waals surface area contributed by atoms with Crippen LogP contribution in [0.4, 0.5) is 5.69 Å². The highest BCUT2D eigenvalue weighted by atomic mass is 16.5. The molecule has 5 nitrogen and oxygen atoms in total. The molecule has 0 unspecified atom stereocenters. The molecule has 0 amide bonds. The number of methoxy groups -OCH3 is 1. The van der Waals surface area contributed by atoms with Crippen molar-refractivity contribution in [2.24, 2.45) is 4.99 Å². The van der Waals surface area contributed by atoms with Crippen LogP contribution in [0.1, 0.15) is 5.56 Å². The van der Waals surface area contributed by atoms with Gasteiger partial charge in [0.05, 0.1) is 23.7 Å². The quantitative estimate of drug-likeness (QED) is 0.753. The summed E-state index contributed by atoms with van der Waals surface area (Å²) in [5.41, 5.74) is 0.443.